The number of terminal acetylenes is 1. The van der Waals surface area contributed by atoms with E-state index >= 15 is 0 Å². The Balaban J connectivity index is 0.00000162. The summed E-state index contributed by atoms with van der Waals surface area (Å²) in [5.41, 5.74) is 0. The Labute approximate surface area is 130 Å². The fraction of sp³-hybridized carbons (Fsp3) is 0.500. The zero-order chi connectivity index (χ0) is 12.1. The van der Waals surface area contributed by atoms with Gasteiger partial charge in [-0.25, -0.2) is 0 Å². The van der Waals surface area contributed by atoms with E-state index in [1.165, 1.54) is 11.8 Å². The van der Waals surface area contributed by atoms with Gasteiger partial charge in [-0.05, 0) is 43.6 Å². The van der Waals surface area contributed by atoms with Crippen LogP contribution in [0, 0.1) is 18.3 Å². The first-order chi connectivity index (χ1) is 8.29. The van der Waals surface area contributed by atoms with E-state index in [-0.39, 0.29) is 30.1 Å². The number of amides is 1. The molecule has 0 atom stereocenters. The minimum Gasteiger partial charge on any atom is -0.317 e. The summed E-state index contributed by atoms with van der Waals surface area (Å²) in [6.45, 7) is 2.38. The maximum atomic E-state index is 11.3. The third-order valence-electron chi connectivity index (χ3n) is 2.76. The Morgan fingerprint density at radius 2 is 2.11 bits per heavy atom. The SMILES string of the molecule is C#CCN=C1NC(=O)S/C1=C\C1CCNCC1.Cl.Cl. The third-order valence-corrected chi connectivity index (χ3v) is 3.59. The van der Waals surface area contributed by atoms with Crippen LogP contribution in [0.5, 0.6) is 0 Å². The largest absolute Gasteiger partial charge is 0.317 e. The van der Waals surface area contributed by atoms with Crippen molar-refractivity contribution in [3.05, 3.63) is 11.0 Å². The van der Waals surface area contributed by atoms with Gasteiger partial charge in [-0.15, -0.1) is 31.2 Å². The van der Waals surface area contributed by atoms with Gasteiger partial charge in [0.2, 0.25) is 0 Å². The number of carbonyl (C=O) groups excluding carboxylic acids is 1. The summed E-state index contributed by atoms with van der Waals surface area (Å²) in [6, 6.07) is 0. The van der Waals surface area contributed by atoms with Crippen LogP contribution in [-0.4, -0.2) is 30.7 Å². The van der Waals surface area contributed by atoms with Gasteiger partial charge < -0.3 is 10.6 Å². The lowest BCUT2D eigenvalue weighted by atomic mass is 9.97. The summed E-state index contributed by atoms with van der Waals surface area (Å²) in [5, 5.41) is 5.97. The predicted octanol–water partition coefficient (Wildman–Crippen LogP) is 2.20. The first kappa shape index (κ1) is 18.3. The minimum absolute atomic E-state index is 0. The standard InChI is InChI=1S/C12H15N3OS.2ClH/c1-2-5-14-11-10(17-12(16)15-11)8-9-3-6-13-7-4-9;;/h1,8-9,13H,3-7H2,(H,14,15,16);2*1H/b10-8-;;. The molecule has 0 unspecified atom stereocenters. The number of allylic oxidation sites excluding steroid dienone is 1. The van der Waals surface area contributed by atoms with Crippen LogP contribution in [0.15, 0.2) is 16.0 Å². The van der Waals surface area contributed by atoms with E-state index in [2.05, 4.69) is 27.6 Å². The van der Waals surface area contributed by atoms with Crippen molar-refractivity contribution in [3.8, 4) is 12.3 Å². The van der Waals surface area contributed by atoms with Gasteiger partial charge in [0.15, 0.2) is 0 Å². The molecule has 2 heterocycles. The van der Waals surface area contributed by atoms with Crippen LogP contribution in [0.2, 0.25) is 0 Å². The highest BCUT2D eigenvalue weighted by atomic mass is 35.5. The van der Waals surface area contributed by atoms with Crippen molar-refractivity contribution in [2.75, 3.05) is 19.6 Å². The number of thioether (sulfide) groups is 1. The van der Waals surface area contributed by atoms with Gasteiger partial charge in [0.1, 0.15) is 12.4 Å². The summed E-state index contributed by atoms with van der Waals surface area (Å²) in [4.78, 5) is 16.4. The monoisotopic (exact) mass is 321 g/mol. The average molecular weight is 322 g/mol. The van der Waals surface area contributed by atoms with E-state index in [9.17, 15) is 4.79 Å². The molecule has 2 aliphatic heterocycles. The van der Waals surface area contributed by atoms with Crippen LogP contribution < -0.4 is 10.6 Å². The van der Waals surface area contributed by atoms with Crippen molar-refractivity contribution in [1.29, 1.82) is 0 Å². The fourth-order valence-electron chi connectivity index (χ4n) is 1.91. The molecular formula is C12H17Cl2N3OS. The van der Waals surface area contributed by atoms with Crippen LogP contribution in [0.1, 0.15) is 12.8 Å². The summed E-state index contributed by atoms with van der Waals surface area (Å²) >= 11 is 1.21. The lowest BCUT2D eigenvalue weighted by molar-refractivity contribution is 0.265. The number of hydrogen-bond donors (Lipinski definition) is 2. The van der Waals surface area contributed by atoms with Gasteiger partial charge in [0.05, 0.1) is 4.91 Å². The molecule has 1 amide bonds. The molecule has 2 fully saturated rings. The van der Waals surface area contributed by atoms with Crippen molar-refractivity contribution in [2.24, 2.45) is 10.9 Å². The van der Waals surface area contributed by atoms with Crippen LogP contribution in [-0.2, 0) is 0 Å². The molecule has 0 radical (unpaired) electrons. The molecular weight excluding hydrogens is 305 g/mol. The lowest BCUT2D eigenvalue weighted by Gasteiger charge is -2.19. The van der Waals surface area contributed by atoms with Crippen LogP contribution in [0.25, 0.3) is 0 Å². The zero-order valence-corrected chi connectivity index (χ0v) is 12.8. The van der Waals surface area contributed by atoms with Gasteiger partial charge in [0.25, 0.3) is 5.24 Å². The Hall–Kier alpha value is -0.670. The molecule has 2 saturated heterocycles. The van der Waals surface area contributed by atoms with Gasteiger partial charge >= 0.3 is 0 Å². The highest BCUT2D eigenvalue weighted by Crippen LogP contribution is 2.27. The van der Waals surface area contributed by atoms with E-state index < -0.39 is 0 Å². The first-order valence-corrected chi connectivity index (χ1v) is 6.51. The fourth-order valence-corrected chi connectivity index (χ4v) is 2.73. The number of halogens is 2. The molecule has 7 heteroatoms. The normalized spacial score (nSPS) is 23.4. The molecule has 0 aliphatic carbocycles. The molecule has 0 bridgehead atoms. The number of nitrogens with zero attached hydrogens (tertiary/aromatic N) is 1. The molecule has 0 spiro atoms. The van der Waals surface area contributed by atoms with Crippen molar-refractivity contribution in [3.63, 3.8) is 0 Å². The highest BCUT2D eigenvalue weighted by molar-refractivity contribution is 8.18. The Kier molecular flexibility index (Phi) is 8.94. The molecule has 0 aromatic carbocycles. The van der Waals surface area contributed by atoms with Crippen LogP contribution in [0.4, 0.5) is 4.79 Å². The summed E-state index contributed by atoms with van der Waals surface area (Å²) in [7, 11) is 0. The summed E-state index contributed by atoms with van der Waals surface area (Å²) in [6.07, 6.45) is 9.54. The molecule has 0 aromatic heterocycles. The third kappa shape index (κ3) is 5.45. The van der Waals surface area contributed by atoms with Crippen molar-refractivity contribution >= 4 is 47.7 Å². The number of aliphatic imine (C=N–C) groups is 1. The van der Waals surface area contributed by atoms with E-state index in [1.54, 1.807) is 0 Å². The van der Waals surface area contributed by atoms with Gasteiger partial charge in [-0.1, -0.05) is 12.0 Å². The average Bonchev–Trinajstić information content (AvgIpc) is 2.68. The second-order valence-corrected chi connectivity index (χ2v) is 5.02. The molecule has 2 N–H and O–H groups in total. The van der Waals surface area contributed by atoms with E-state index in [0.717, 1.165) is 30.8 Å². The van der Waals surface area contributed by atoms with Crippen LogP contribution >= 0.6 is 36.6 Å². The Bertz CT molecular complexity index is 412. The summed E-state index contributed by atoms with van der Waals surface area (Å²) < 4.78 is 0. The van der Waals surface area contributed by atoms with E-state index in [1.807, 2.05) is 0 Å². The van der Waals surface area contributed by atoms with Crippen molar-refractivity contribution in [2.45, 2.75) is 12.8 Å². The summed E-state index contributed by atoms with van der Waals surface area (Å²) in [5.74, 6) is 3.61. The van der Waals surface area contributed by atoms with Crippen LogP contribution in [0.3, 0.4) is 0 Å². The van der Waals surface area contributed by atoms with E-state index in [0.29, 0.717) is 18.3 Å². The topological polar surface area (TPSA) is 53.5 Å². The molecule has 106 valence electrons. The number of piperidine rings is 1. The van der Waals surface area contributed by atoms with Gasteiger partial charge in [0, 0.05) is 0 Å². The zero-order valence-electron chi connectivity index (χ0n) is 10.3. The Morgan fingerprint density at radius 3 is 2.74 bits per heavy atom. The predicted molar refractivity (Wildman–Crippen MR) is 85.4 cm³/mol. The molecule has 4 nitrogen and oxygen atoms in total. The first-order valence-electron chi connectivity index (χ1n) is 5.69. The molecule has 2 rings (SSSR count). The highest BCUT2D eigenvalue weighted by Gasteiger charge is 2.24. The van der Waals surface area contributed by atoms with Gasteiger partial charge in [-0.3, -0.25) is 9.79 Å². The van der Waals surface area contributed by atoms with E-state index in [4.69, 9.17) is 6.42 Å². The number of nitrogens with one attached hydrogen (secondary N) is 2. The van der Waals surface area contributed by atoms with Crippen molar-refractivity contribution in [1.82, 2.24) is 10.6 Å². The van der Waals surface area contributed by atoms with Gasteiger partial charge in [-0.2, -0.15) is 0 Å². The molecule has 0 saturated carbocycles. The maximum Gasteiger partial charge on any atom is 0.289 e. The molecule has 0 aromatic rings. The second kappa shape index (κ2) is 9.27. The Morgan fingerprint density at radius 1 is 1.42 bits per heavy atom. The van der Waals surface area contributed by atoms with Crippen molar-refractivity contribution < 1.29 is 4.79 Å². The quantitative estimate of drug-likeness (QED) is 0.767. The number of amidine groups is 1. The minimum atomic E-state index is -0.0686. The molecule has 2 aliphatic rings. The number of hydrogen-bond acceptors (Lipinski definition) is 4. The number of rotatable bonds is 2. The molecule has 19 heavy (non-hydrogen) atoms. The smallest absolute Gasteiger partial charge is 0.289 e. The number of carbonyl (C=O) groups is 1. The second-order valence-electron chi connectivity index (χ2n) is 4.00. The lowest BCUT2D eigenvalue weighted by Crippen LogP contribution is -2.27. The maximum absolute atomic E-state index is 11.3.